The highest BCUT2D eigenvalue weighted by atomic mass is 32.2. The predicted octanol–water partition coefficient (Wildman–Crippen LogP) is 9.35. The highest BCUT2D eigenvalue weighted by molar-refractivity contribution is 7.91. The number of rotatable bonds is 6. The van der Waals surface area contributed by atoms with Crippen LogP contribution >= 0.6 is 0 Å². The Morgan fingerprint density at radius 2 is 0.787 bits per heavy atom. The fourth-order valence-electron chi connectivity index (χ4n) is 6.73. The molecule has 0 radical (unpaired) electrons. The minimum Gasteiger partial charge on any atom is -0.497 e. The van der Waals surface area contributed by atoms with E-state index in [0.29, 0.717) is 0 Å². The molecule has 0 amide bonds. The molecule has 0 N–H and O–H groups in total. The second-order valence-electron chi connectivity index (χ2n) is 12.0. The van der Waals surface area contributed by atoms with Crippen molar-refractivity contribution in [2.75, 3.05) is 14.2 Å². The van der Waals surface area contributed by atoms with Gasteiger partial charge in [0.25, 0.3) is 0 Å². The van der Waals surface area contributed by atoms with Gasteiger partial charge in [0.1, 0.15) is 11.5 Å². The van der Waals surface area contributed by atoms with E-state index in [1.165, 1.54) is 21.9 Å². The van der Waals surface area contributed by atoms with Crippen molar-refractivity contribution in [1.82, 2.24) is 9.13 Å². The maximum Gasteiger partial charge on any atom is 0.206 e. The Hall–Kier alpha value is -5.53. The lowest BCUT2D eigenvalue weighted by Gasteiger charge is -2.12. The van der Waals surface area contributed by atoms with Crippen molar-refractivity contribution in [2.45, 2.75) is 23.6 Å². The number of aryl methyl sites for hydroxylation is 2. The van der Waals surface area contributed by atoms with Gasteiger partial charge in [0.05, 0.1) is 46.1 Å². The largest absolute Gasteiger partial charge is 0.497 e. The fourth-order valence-corrected chi connectivity index (χ4v) is 7.99. The third kappa shape index (κ3) is 4.57. The normalized spacial score (nSPS) is 12.0. The number of fused-ring (bicyclic) bond motifs is 6. The SMILES string of the molecule is COc1ccc2c(c1)c1cc(OC)ccc1n2-c1ccc(S(=O)(=O)c2ccc(-n3c4ccc(C)cc4c4cc(C)ccc43)cc2)cc1. The van der Waals surface area contributed by atoms with Crippen molar-refractivity contribution >= 4 is 53.4 Å². The van der Waals surface area contributed by atoms with Crippen LogP contribution in [0.4, 0.5) is 0 Å². The quantitative estimate of drug-likeness (QED) is 0.183. The summed E-state index contributed by atoms with van der Waals surface area (Å²) in [6.45, 7) is 4.20. The molecule has 0 spiro atoms. The predicted molar refractivity (Wildman–Crippen MR) is 190 cm³/mol. The number of methoxy groups -OCH3 is 2. The molecule has 0 unspecified atom stereocenters. The smallest absolute Gasteiger partial charge is 0.206 e. The van der Waals surface area contributed by atoms with Crippen LogP contribution in [-0.2, 0) is 9.84 Å². The molecule has 0 bridgehead atoms. The first-order valence-corrected chi connectivity index (χ1v) is 16.9. The minimum absolute atomic E-state index is 0.237. The van der Waals surface area contributed by atoms with Crippen LogP contribution in [0.3, 0.4) is 0 Å². The van der Waals surface area contributed by atoms with Gasteiger partial charge in [0.15, 0.2) is 0 Å². The van der Waals surface area contributed by atoms with E-state index in [1.54, 1.807) is 38.5 Å². The topological polar surface area (TPSA) is 62.5 Å². The molecule has 8 aromatic rings. The Kier molecular flexibility index (Phi) is 6.63. The van der Waals surface area contributed by atoms with Crippen molar-refractivity contribution in [3.05, 3.63) is 132 Å². The highest BCUT2D eigenvalue weighted by Gasteiger charge is 2.20. The molecule has 0 saturated heterocycles. The number of ether oxygens (including phenoxy) is 2. The van der Waals surface area contributed by atoms with Gasteiger partial charge < -0.3 is 18.6 Å². The molecule has 232 valence electrons. The van der Waals surface area contributed by atoms with Gasteiger partial charge in [-0.2, -0.15) is 0 Å². The van der Waals surface area contributed by atoms with E-state index in [4.69, 9.17) is 9.47 Å². The first-order chi connectivity index (χ1) is 22.8. The molecular formula is C40H32N2O4S. The van der Waals surface area contributed by atoms with Crippen LogP contribution in [0.1, 0.15) is 11.1 Å². The van der Waals surface area contributed by atoms with E-state index in [1.807, 2.05) is 60.7 Å². The van der Waals surface area contributed by atoms with E-state index in [2.05, 4.69) is 59.4 Å². The van der Waals surface area contributed by atoms with E-state index in [-0.39, 0.29) is 9.79 Å². The Balaban J connectivity index is 1.18. The maximum atomic E-state index is 13.9. The molecule has 8 rings (SSSR count). The van der Waals surface area contributed by atoms with Gasteiger partial charge >= 0.3 is 0 Å². The Morgan fingerprint density at radius 3 is 1.15 bits per heavy atom. The van der Waals surface area contributed by atoms with Gasteiger partial charge in [0.2, 0.25) is 9.84 Å². The highest BCUT2D eigenvalue weighted by Crippen LogP contribution is 2.37. The van der Waals surface area contributed by atoms with Crippen LogP contribution in [0.15, 0.2) is 131 Å². The Labute approximate surface area is 272 Å². The summed E-state index contributed by atoms with van der Waals surface area (Å²) >= 11 is 0. The lowest BCUT2D eigenvalue weighted by atomic mass is 10.1. The van der Waals surface area contributed by atoms with Crippen molar-refractivity contribution in [1.29, 1.82) is 0 Å². The summed E-state index contributed by atoms with van der Waals surface area (Å²) in [5.74, 6) is 1.52. The molecule has 2 heterocycles. The summed E-state index contributed by atoms with van der Waals surface area (Å²) in [7, 11) is -0.456. The molecule has 0 aliphatic carbocycles. The van der Waals surface area contributed by atoms with E-state index in [9.17, 15) is 8.42 Å². The van der Waals surface area contributed by atoms with Gasteiger partial charge in [0, 0.05) is 32.9 Å². The van der Waals surface area contributed by atoms with Crippen LogP contribution in [-0.4, -0.2) is 31.8 Å². The third-order valence-electron chi connectivity index (χ3n) is 9.07. The average molecular weight is 637 g/mol. The molecule has 0 aliphatic heterocycles. The molecule has 6 nitrogen and oxygen atoms in total. The number of nitrogens with zero attached hydrogens (tertiary/aromatic N) is 2. The first-order valence-electron chi connectivity index (χ1n) is 15.4. The molecule has 0 saturated carbocycles. The van der Waals surface area contributed by atoms with Crippen molar-refractivity contribution < 1.29 is 17.9 Å². The van der Waals surface area contributed by atoms with Crippen molar-refractivity contribution in [2.24, 2.45) is 0 Å². The number of aromatic nitrogens is 2. The number of hydrogen-bond acceptors (Lipinski definition) is 4. The number of hydrogen-bond donors (Lipinski definition) is 0. The molecular weight excluding hydrogens is 605 g/mol. The lowest BCUT2D eigenvalue weighted by molar-refractivity contribution is 0.415. The monoisotopic (exact) mass is 636 g/mol. The molecule has 47 heavy (non-hydrogen) atoms. The minimum atomic E-state index is -3.76. The molecule has 0 aliphatic rings. The van der Waals surface area contributed by atoms with Crippen LogP contribution in [0.5, 0.6) is 11.5 Å². The van der Waals surface area contributed by atoms with E-state index in [0.717, 1.165) is 55.7 Å². The number of sulfone groups is 1. The molecule has 6 aromatic carbocycles. The van der Waals surface area contributed by atoms with Gasteiger partial charge in [-0.3, -0.25) is 0 Å². The molecule has 0 fully saturated rings. The fraction of sp³-hybridized carbons (Fsp3) is 0.100. The second kappa shape index (κ2) is 10.8. The van der Waals surface area contributed by atoms with Crippen molar-refractivity contribution in [3.63, 3.8) is 0 Å². The van der Waals surface area contributed by atoms with E-state index < -0.39 is 9.84 Å². The molecule has 7 heteroatoms. The molecule has 0 atom stereocenters. The van der Waals surface area contributed by atoms with Crippen LogP contribution in [0, 0.1) is 13.8 Å². The second-order valence-corrected chi connectivity index (χ2v) is 13.9. The summed E-state index contributed by atoms with van der Waals surface area (Å²) in [4.78, 5) is 0.485. The lowest BCUT2D eigenvalue weighted by Crippen LogP contribution is -2.03. The summed E-state index contributed by atoms with van der Waals surface area (Å²) in [6, 6.07) is 39.1. The summed E-state index contributed by atoms with van der Waals surface area (Å²) in [6.07, 6.45) is 0. The Bertz CT molecular complexity index is 2490. The molecule has 2 aromatic heterocycles. The number of benzene rings is 6. The van der Waals surface area contributed by atoms with Crippen LogP contribution in [0.2, 0.25) is 0 Å². The summed E-state index contributed by atoms with van der Waals surface area (Å²) in [5, 5.41) is 4.40. The van der Waals surface area contributed by atoms with Gasteiger partial charge in [-0.1, -0.05) is 23.3 Å². The van der Waals surface area contributed by atoms with E-state index >= 15 is 0 Å². The summed E-state index contributed by atoms with van der Waals surface area (Å²) < 4.78 is 43.0. The zero-order valence-corrected chi connectivity index (χ0v) is 27.3. The maximum absolute atomic E-state index is 13.9. The first kappa shape index (κ1) is 28.9. The van der Waals surface area contributed by atoms with Gasteiger partial charge in [-0.25, -0.2) is 8.42 Å². The van der Waals surface area contributed by atoms with Gasteiger partial charge in [-0.05, 0) is 123 Å². The Morgan fingerprint density at radius 1 is 0.447 bits per heavy atom. The zero-order valence-electron chi connectivity index (χ0n) is 26.5. The average Bonchev–Trinajstić information content (AvgIpc) is 3.59. The van der Waals surface area contributed by atoms with Gasteiger partial charge in [-0.15, -0.1) is 0 Å². The standard InChI is InChI=1S/C40H32N2O4S/c1-25-5-17-37-33(21-25)34-22-26(2)6-18-38(34)41(37)27-7-13-31(14-8-27)47(43,44)32-15-9-28(10-16-32)42-39-19-11-29(45-3)23-35(39)36-24-30(46-4)12-20-40(36)42/h5-24H,1-4H3. The van der Waals surface area contributed by atoms with Crippen LogP contribution in [0.25, 0.3) is 55.0 Å². The van der Waals surface area contributed by atoms with Crippen LogP contribution < -0.4 is 9.47 Å². The summed E-state index contributed by atoms with van der Waals surface area (Å²) in [5.41, 5.74) is 8.30. The third-order valence-corrected chi connectivity index (χ3v) is 10.9. The zero-order chi connectivity index (χ0) is 32.4. The van der Waals surface area contributed by atoms with Crippen molar-refractivity contribution in [3.8, 4) is 22.9 Å².